The van der Waals surface area contributed by atoms with Crippen molar-refractivity contribution in [3.63, 3.8) is 0 Å². The van der Waals surface area contributed by atoms with Gasteiger partial charge in [0, 0.05) is 26.4 Å². The van der Waals surface area contributed by atoms with Gasteiger partial charge < -0.3 is 4.42 Å². The zero-order valence-electron chi connectivity index (χ0n) is 17.6. The lowest BCUT2D eigenvalue weighted by Gasteiger charge is -2.28. The molecule has 0 atom stereocenters. The standard InChI is InChI=1S/C26H22BrNO3/c1-26(2,3)25(30)28(24(29)18-12-8-5-9-13-18)22-20-16-19(27)14-15-21(20)31-23(22)17-10-6-4-7-11-17/h4-16H,1-3H3. The summed E-state index contributed by atoms with van der Waals surface area (Å²) in [4.78, 5) is 28.6. The smallest absolute Gasteiger partial charge is 0.265 e. The van der Waals surface area contributed by atoms with Crippen LogP contribution in [0.1, 0.15) is 31.1 Å². The van der Waals surface area contributed by atoms with Crippen molar-refractivity contribution in [2.45, 2.75) is 20.8 Å². The van der Waals surface area contributed by atoms with E-state index in [9.17, 15) is 9.59 Å². The predicted octanol–water partition coefficient (Wildman–Crippen LogP) is 7.08. The average molecular weight is 476 g/mol. The second-order valence-corrected chi connectivity index (χ2v) is 9.26. The molecule has 0 bridgehead atoms. The van der Waals surface area contributed by atoms with Gasteiger partial charge in [-0.25, -0.2) is 4.90 Å². The molecule has 1 heterocycles. The van der Waals surface area contributed by atoms with Crippen molar-refractivity contribution in [3.05, 3.63) is 88.9 Å². The van der Waals surface area contributed by atoms with Crippen LogP contribution in [-0.4, -0.2) is 11.8 Å². The number of fused-ring (bicyclic) bond motifs is 1. The Labute approximate surface area is 189 Å². The Kier molecular flexibility index (Phi) is 5.54. The molecule has 2 amide bonds. The molecule has 0 aliphatic carbocycles. The summed E-state index contributed by atoms with van der Waals surface area (Å²) in [5, 5.41) is 0.690. The number of carbonyl (C=O) groups is 2. The first-order valence-corrected chi connectivity index (χ1v) is 10.8. The maximum absolute atomic E-state index is 13.7. The van der Waals surface area contributed by atoms with Crippen molar-refractivity contribution in [1.82, 2.24) is 0 Å². The molecule has 0 aliphatic heterocycles. The fourth-order valence-electron chi connectivity index (χ4n) is 3.40. The van der Waals surface area contributed by atoms with E-state index >= 15 is 0 Å². The molecule has 0 N–H and O–H groups in total. The lowest BCUT2D eigenvalue weighted by atomic mass is 9.93. The third-order valence-corrected chi connectivity index (χ3v) is 5.45. The van der Waals surface area contributed by atoms with E-state index in [1.165, 1.54) is 4.90 Å². The lowest BCUT2D eigenvalue weighted by molar-refractivity contribution is -0.125. The van der Waals surface area contributed by atoms with Gasteiger partial charge in [0.15, 0.2) is 5.76 Å². The summed E-state index contributed by atoms with van der Waals surface area (Å²) >= 11 is 3.51. The van der Waals surface area contributed by atoms with Crippen LogP contribution in [0.4, 0.5) is 5.69 Å². The third-order valence-electron chi connectivity index (χ3n) is 4.95. The summed E-state index contributed by atoms with van der Waals surface area (Å²) < 4.78 is 7.03. The van der Waals surface area contributed by atoms with E-state index in [1.807, 2.05) is 54.6 Å². The van der Waals surface area contributed by atoms with Crippen LogP contribution in [0.25, 0.3) is 22.3 Å². The Bertz CT molecular complexity index is 1250. The van der Waals surface area contributed by atoms with Gasteiger partial charge in [-0.15, -0.1) is 0 Å². The number of imide groups is 1. The van der Waals surface area contributed by atoms with Crippen LogP contribution >= 0.6 is 15.9 Å². The summed E-state index contributed by atoms with van der Waals surface area (Å²) in [6.45, 7) is 5.42. The van der Waals surface area contributed by atoms with Gasteiger partial charge in [0.2, 0.25) is 5.91 Å². The number of halogens is 1. The topological polar surface area (TPSA) is 50.5 Å². The quantitative estimate of drug-likeness (QED) is 0.318. The number of nitrogens with zero attached hydrogens (tertiary/aromatic N) is 1. The minimum absolute atomic E-state index is 0.304. The van der Waals surface area contributed by atoms with Gasteiger partial charge in [0.25, 0.3) is 5.91 Å². The van der Waals surface area contributed by atoms with Crippen LogP contribution in [0.5, 0.6) is 0 Å². The van der Waals surface area contributed by atoms with Gasteiger partial charge in [0.05, 0.1) is 0 Å². The molecule has 1 aromatic heterocycles. The molecule has 4 aromatic rings. The molecule has 4 nitrogen and oxygen atoms in total. The van der Waals surface area contributed by atoms with E-state index < -0.39 is 5.41 Å². The zero-order chi connectivity index (χ0) is 22.2. The third kappa shape index (κ3) is 4.06. The van der Waals surface area contributed by atoms with Crippen LogP contribution in [-0.2, 0) is 4.79 Å². The molecular formula is C26H22BrNO3. The Morgan fingerprint density at radius 1 is 0.871 bits per heavy atom. The minimum Gasteiger partial charge on any atom is -0.454 e. The summed E-state index contributed by atoms with van der Waals surface area (Å²) in [6, 6.07) is 24.0. The number of carbonyl (C=O) groups excluding carboxylic acids is 2. The first-order chi connectivity index (χ1) is 14.8. The number of rotatable bonds is 3. The Hall–Kier alpha value is -3.18. The molecule has 0 spiro atoms. The van der Waals surface area contributed by atoms with E-state index in [0.29, 0.717) is 28.0 Å². The summed E-state index contributed by atoms with van der Waals surface area (Å²) in [7, 11) is 0. The van der Waals surface area contributed by atoms with E-state index in [1.54, 1.807) is 45.0 Å². The molecule has 0 fully saturated rings. The molecular weight excluding hydrogens is 454 g/mol. The zero-order valence-corrected chi connectivity index (χ0v) is 19.1. The second kappa shape index (κ2) is 8.16. The maximum Gasteiger partial charge on any atom is 0.265 e. The molecule has 4 rings (SSSR count). The fraction of sp³-hybridized carbons (Fsp3) is 0.154. The minimum atomic E-state index is -0.784. The molecule has 156 valence electrons. The molecule has 3 aromatic carbocycles. The maximum atomic E-state index is 13.7. The number of furan rings is 1. The first kappa shape index (κ1) is 21.1. The van der Waals surface area contributed by atoms with Gasteiger partial charge in [-0.1, -0.05) is 85.2 Å². The molecule has 0 saturated carbocycles. The van der Waals surface area contributed by atoms with Crippen molar-refractivity contribution < 1.29 is 14.0 Å². The van der Waals surface area contributed by atoms with Crippen LogP contribution in [0.2, 0.25) is 0 Å². The van der Waals surface area contributed by atoms with E-state index in [-0.39, 0.29) is 11.8 Å². The van der Waals surface area contributed by atoms with Crippen molar-refractivity contribution in [3.8, 4) is 11.3 Å². The average Bonchev–Trinajstić information content (AvgIpc) is 3.13. The molecule has 0 radical (unpaired) electrons. The van der Waals surface area contributed by atoms with Crippen molar-refractivity contribution in [2.75, 3.05) is 4.90 Å². The Morgan fingerprint density at radius 2 is 1.48 bits per heavy atom. The Morgan fingerprint density at radius 3 is 2.10 bits per heavy atom. The SMILES string of the molecule is CC(C)(C)C(=O)N(C(=O)c1ccccc1)c1c(-c2ccccc2)oc2ccc(Br)cc12. The van der Waals surface area contributed by atoms with E-state index in [4.69, 9.17) is 4.42 Å². The summed E-state index contributed by atoms with van der Waals surface area (Å²) in [5.74, 6) is -0.211. The van der Waals surface area contributed by atoms with Gasteiger partial charge in [0.1, 0.15) is 11.3 Å². The van der Waals surface area contributed by atoms with E-state index in [0.717, 1.165) is 10.0 Å². The molecule has 0 aliphatic rings. The number of amides is 2. The Balaban J connectivity index is 2.04. The highest BCUT2D eigenvalue weighted by Crippen LogP contribution is 2.43. The predicted molar refractivity (Wildman–Crippen MR) is 127 cm³/mol. The number of hydrogen-bond donors (Lipinski definition) is 0. The molecule has 31 heavy (non-hydrogen) atoms. The molecule has 0 unspecified atom stereocenters. The summed E-state index contributed by atoms with van der Waals surface area (Å²) in [6.07, 6.45) is 0. The van der Waals surface area contributed by atoms with Gasteiger partial charge in [-0.05, 0) is 30.3 Å². The normalized spacial score (nSPS) is 11.5. The van der Waals surface area contributed by atoms with E-state index in [2.05, 4.69) is 15.9 Å². The highest BCUT2D eigenvalue weighted by Gasteiger charge is 2.37. The van der Waals surface area contributed by atoms with Crippen molar-refractivity contribution in [2.24, 2.45) is 5.41 Å². The fourth-order valence-corrected chi connectivity index (χ4v) is 3.77. The molecule has 0 saturated heterocycles. The summed E-state index contributed by atoms with van der Waals surface area (Å²) in [5.41, 5.74) is 1.50. The highest BCUT2D eigenvalue weighted by molar-refractivity contribution is 9.10. The van der Waals surface area contributed by atoms with Gasteiger partial charge in [-0.2, -0.15) is 0 Å². The number of anilines is 1. The largest absolute Gasteiger partial charge is 0.454 e. The first-order valence-electron chi connectivity index (χ1n) is 9.99. The highest BCUT2D eigenvalue weighted by atomic mass is 79.9. The van der Waals surface area contributed by atoms with Crippen LogP contribution in [0, 0.1) is 5.41 Å². The van der Waals surface area contributed by atoms with Crippen LogP contribution in [0.15, 0.2) is 87.8 Å². The van der Waals surface area contributed by atoms with Crippen LogP contribution in [0.3, 0.4) is 0 Å². The number of hydrogen-bond acceptors (Lipinski definition) is 3. The van der Waals surface area contributed by atoms with Gasteiger partial charge in [-0.3, -0.25) is 9.59 Å². The van der Waals surface area contributed by atoms with Crippen LogP contribution < -0.4 is 4.90 Å². The monoisotopic (exact) mass is 475 g/mol. The molecule has 5 heteroatoms. The van der Waals surface area contributed by atoms with Gasteiger partial charge >= 0.3 is 0 Å². The number of benzene rings is 3. The second-order valence-electron chi connectivity index (χ2n) is 8.35. The van der Waals surface area contributed by atoms with Crippen molar-refractivity contribution >= 4 is 44.4 Å². The van der Waals surface area contributed by atoms with Crippen molar-refractivity contribution in [1.29, 1.82) is 0 Å². The lowest BCUT2D eigenvalue weighted by Crippen LogP contribution is -2.44.